The molecule has 0 spiro atoms. The van der Waals surface area contributed by atoms with Crippen LogP contribution >= 0.6 is 0 Å². The van der Waals surface area contributed by atoms with Gasteiger partial charge in [-0.2, -0.15) is 0 Å². The summed E-state index contributed by atoms with van der Waals surface area (Å²) in [5.41, 5.74) is 2.79. The first-order valence-electron chi connectivity index (χ1n) is 11.6. The summed E-state index contributed by atoms with van der Waals surface area (Å²) < 4.78 is 0. The third-order valence-electron chi connectivity index (χ3n) is 7.03. The molecule has 2 aliphatic rings. The molecule has 5 nitrogen and oxygen atoms in total. The Labute approximate surface area is 185 Å². The monoisotopic (exact) mass is 419 g/mol. The number of likely N-dealkylation sites (tertiary alicyclic amines) is 1. The number of nitrogens with zero attached hydrogens (tertiary/aromatic N) is 2. The van der Waals surface area contributed by atoms with E-state index in [-0.39, 0.29) is 17.7 Å². The molecule has 1 aliphatic carbocycles. The molecule has 31 heavy (non-hydrogen) atoms. The van der Waals surface area contributed by atoms with Crippen LogP contribution in [0.1, 0.15) is 50.5 Å². The van der Waals surface area contributed by atoms with Crippen LogP contribution in [-0.2, 0) is 16.0 Å². The van der Waals surface area contributed by atoms with Crippen LogP contribution in [0.25, 0.3) is 11.1 Å². The number of carbonyl (C=O) groups excluding carboxylic acids is 2. The number of pyridine rings is 1. The van der Waals surface area contributed by atoms with Crippen LogP contribution in [0.3, 0.4) is 0 Å². The lowest BCUT2D eigenvalue weighted by Gasteiger charge is -2.43. The van der Waals surface area contributed by atoms with E-state index in [4.69, 9.17) is 0 Å². The van der Waals surface area contributed by atoms with Crippen LogP contribution in [0.4, 0.5) is 0 Å². The van der Waals surface area contributed by atoms with Gasteiger partial charge in [0.2, 0.25) is 11.8 Å². The van der Waals surface area contributed by atoms with Crippen LogP contribution in [0.15, 0.2) is 48.8 Å². The maximum absolute atomic E-state index is 13.2. The molecule has 1 saturated carbocycles. The molecule has 0 bridgehead atoms. The zero-order valence-electron chi connectivity index (χ0n) is 18.5. The molecule has 1 atom stereocenters. The van der Waals surface area contributed by atoms with Gasteiger partial charge in [0.05, 0.1) is 5.41 Å². The van der Waals surface area contributed by atoms with E-state index in [0.717, 1.165) is 61.8 Å². The fraction of sp³-hybridized carbons (Fsp3) is 0.500. The molecule has 2 amide bonds. The maximum Gasteiger partial charge on any atom is 0.228 e. The lowest BCUT2D eigenvalue weighted by molar-refractivity contribution is -0.144. The number of hydrogen-bond acceptors (Lipinski definition) is 3. The molecule has 2 heterocycles. The van der Waals surface area contributed by atoms with Gasteiger partial charge in [-0.05, 0) is 60.9 Å². The van der Waals surface area contributed by atoms with Gasteiger partial charge in [0.15, 0.2) is 0 Å². The first-order valence-corrected chi connectivity index (χ1v) is 11.6. The molecule has 1 saturated heterocycles. The van der Waals surface area contributed by atoms with Crippen molar-refractivity contribution in [2.45, 2.75) is 51.4 Å². The summed E-state index contributed by atoms with van der Waals surface area (Å²) in [5, 5.41) is 2.90. The van der Waals surface area contributed by atoms with E-state index in [1.807, 2.05) is 17.0 Å². The standard InChI is InChI=1S/C26H33N3O2/c1-27-25(31)26(13-6-16-29(19-26)24(30)22-8-3-2-4-9-22)18-20-7-5-10-23(17-20)21-11-14-28-15-12-21/h5,7,10-12,14-15,17,22H,2-4,6,8-9,13,16,18-19H2,1H3,(H,27,31)/t26-/m0/s1. The quantitative estimate of drug-likeness (QED) is 0.789. The Morgan fingerprint density at radius 1 is 1.06 bits per heavy atom. The highest BCUT2D eigenvalue weighted by molar-refractivity contribution is 5.85. The second-order valence-corrected chi connectivity index (χ2v) is 9.17. The van der Waals surface area contributed by atoms with Crippen molar-refractivity contribution in [2.24, 2.45) is 11.3 Å². The highest BCUT2D eigenvalue weighted by Gasteiger charge is 2.44. The molecule has 1 N–H and O–H groups in total. The van der Waals surface area contributed by atoms with E-state index in [9.17, 15) is 9.59 Å². The molecule has 1 aliphatic heterocycles. The summed E-state index contributed by atoms with van der Waals surface area (Å²) in [6.07, 6.45) is 11.4. The summed E-state index contributed by atoms with van der Waals surface area (Å²) in [5.74, 6) is 0.449. The van der Waals surface area contributed by atoms with E-state index in [1.54, 1.807) is 19.4 Å². The summed E-state index contributed by atoms with van der Waals surface area (Å²) in [6.45, 7) is 1.28. The highest BCUT2D eigenvalue weighted by atomic mass is 16.2. The molecule has 0 radical (unpaired) electrons. The molecular weight excluding hydrogens is 386 g/mol. The summed E-state index contributed by atoms with van der Waals surface area (Å²) in [6, 6.07) is 12.4. The van der Waals surface area contributed by atoms with Gasteiger partial charge >= 0.3 is 0 Å². The second-order valence-electron chi connectivity index (χ2n) is 9.17. The van der Waals surface area contributed by atoms with Crippen LogP contribution in [0, 0.1) is 11.3 Å². The smallest absolute Gasteiger partial charge is 0.228 e. The Balaban J connectivity index is 1.57. The summed E-state index contributed by atoms with van der Waals surface area (Å²) >= 11 is 0. The van der Waals surface area contributed by atoms with E-state index in [2.05, 4.69) is 34.6 Å². The lowest BCUT2D eigenvalue weighted by atomic mass is 9.73. The second kappa shape index (κ2) is 9.63. The third kappa shape index (κ3) is 4.81. The topological polar surface area (TPSA) is 62.3 Å². The minimum atomic E-state index is -0.575. The minimum Gasteiger partial charge on any atom is -0.359 e. The molecule has 4 rings (SSSR count). The fourth-order valence-electron chi connectivity index (χ4n) is 5.40. The van der Waals surface area contributed by atoms with Gasteiger partial charge in [0.25, 0.3) is 0 Å². The van der Waals surface area contributed by atoms with Crippen molar-refractivity contribution < 1.29 is 9.59 Å². The van der Waals surface area contributed by atoms with E-state index < -0.39 is 5.41 Å². The Morgan fingerprint density at radius 3 is 2.58 bits per heavy atom. The van der Waals surface area contributed by atoms with Crippen molar-refractivity contribution >= 4 is 11.8 Å². The van der Waals surface area contributed by atoms with Crippen molar-refractivity contribution in [1.29, 1.82) is 0 Å². The maximum atomic E-state index is 13.2. The third-order valence-corrected chi connectivity index (χ3v) is 7.03. The number of carbonyl (C=O) groups is 2. The van der Waals surface area contributed by atoms with Crippen LogP contribution in [0.2, 0.25) is 0 Å². The highest BCUT2D eigenvalue weighted by Crippen LogP contribution is 2.37. The normalized spacial score (nSPS) is 22.2. The van der Waals surface area contributed by atoms with Crippen molar-refractivity contribution in [3.63, 3.8) is 0 Å². The number of hydrogen-bond donors (Lipinski definition) is 1. The van der Waals surface area contributed by atoms with E-state index >= 15 is 0 Å². The van der Waals surface area contributed by atoms with Gasteiger partial charge in [-0.25, -0.2) is 0 Å². The van der Waals surface area contributed by atoms with Crippen molar-refractivity contribution in [1.82, 2.24) is 15.2 Å². The van der Waals surface area contributed by atoms with Gasteiger partial charge in [-0.1, -0.05) is 43.5 Å². The minimum absolute atomic E-state index is 0.0444. The molecule has 1 aromatic carbocycles. The Hall–Kier alpha value is -2.69. The number of piperidine rings is 1. The van der Waals surface area contributed by atoms with Crippen molar-refractivity contribution in [2.75, 3.05) is 20.1 Å². The van der Waals surface area contributed by atoms with Gasteiger partial charge in [0.1, 0.15) is 0 Å². The van der Waals surface area contributed by atoms with Crippen molar-refractivity contribution in [3.05, 3.63) is 54.4 Å². The molecule has 2 fully saturated rings. The summed E-state index contributed by atoms with van der Waals surface area (Å²) in [4.78, 5) is 32.5. The Bertz CT molecular complexity index is 908. The number of rotatable bonds is 5. The number of aromatic nitrogens is 1. The first kappa shape index (κ1) is 21.5. The largest absolute Gasteiger partial charge is 0.359 e. The molecular formula is C26H33N3O2. The number of benzene rings is 1. The van der Waals surface area contributed by atoms with Crippen LogP contribution in [-0.4, -0.2) is 41.8 Å². The fourth-order valence-corrected chi connectivity index (χ4v) is 5.40. The molecule has 0 unspecified atom stereocenters. The molecule has 1 aromatic heterocycles. The first-order chi connectivity index (χ1) is 15.1. The SMILES string of the molecule is CNC(=O)[C@]1(Cc2cccc(-c3ccncc3)c2)CCCN(C(=O)C2CCCCC2)C1. The van der Waals surface area contributed by atoms with Gasteiger partial charge in [0, 0.05) is 38.4 Å². The lowest BCUT2D eigenvalue weighted by Crippen LogP contribution is -2.55. The van der Waals surface area contributed by atoms with Crippen LogP contribution in [0.5, 0.6) is 0 Å². The van der Waals surface area contributed by atoms with Gasteiger partial charge < -0.3 is 10.2 Å². The summed E-state index contributed by atoms with van der Waals surface area (Å²) in [7, 11) is 1.71. The number of nitrogens with one attached hydrogen (secondary N) is 1. The zero-order valence-corrected chi connectivity index (χ0v) is 18.5. The molecule has 2 aromatic rings. The molecule has 164 valence electrons. The van der Waals surface area contributed by atoms with E-state index in [0.29, 0.717) is 13.0 Å². The predicted octanol–water partition coefficient (Wildman–Crippen LogP) is 4.23. The van der Waals surface area contributed by atoms with Gasteiger partial charge in [-0.3, -0.25) is 14.6 Å². The average molecular weight is 420 g/mol. The Morgan fingerprint density at radius 2 is 1.84 bits per heavy atom. The van der Waals surface area contributed by atoms with Crippen LogP contribution < -0.4 is 5.32 Å². The number of amides is 2. The zero-order chi connectivity index (χ0) is 21.7. The van der Waals surface area contributed by atoms with Crippen molar-refractivity contribution in [3.8, 4) is 11.1 Å². The Kier molecular flexibility index (Phi) is 6.69. The average Bonchev–Trinajstić information content (AvgIpc) is 2.84. The van der Waals surface area contributed by atoms with Gasteiger partial charge in [-0.15, -0.1) is 0 Å². The van der Waals surface area contributed by atoms with E-state index in [1.165, 1.54) is 6.42 Å². The predicted molar refractivity (Wildman–Crippen MR) is 122 cm³/mol. The molecule has 5 heteroatoms.